The Morgan fingerprint density at radius 1 is 0.882 bits per heavy atom. The number of carbonyl (C=O) groups excluding carboxylic acids is 3. The van der Waals surface area contributed by atoms with Crippen molar-refractivity contribution in [3.05, 3.63) is 83.4 Å². The van der Waals surface area contributed by atoms with E-state index in [0.717, 1.165) is 0 Å². The zero-order chi connectivity index (χ0) is 24.3. The Morgan fingerprint density at radius 2 is 1.56 bits per heavy atom. The van der Waals surface area contributed by atoms with Crippen LogP contribution in [0.25, 0.3) is 0 Å². The fourth-order valence-electron chi connectivity index (χ4n) is 2.64. The third-order valence-electron chi connectivity index (χ3n) is 4.29. The summed E-state index contributed by atoms with van der Waals surface area (Å²) in [5.41, 5.74) is 3.79. The molecule has 3 amide bonds. The van der Waals surface area contributed by atoms with Gasteiger partial charge in [-0.3, -0.25) is 14.4 Å². The van der Waals surface area contributed by atoms with Gasteiger partial charge in [0.2, 0.25) is 0 Å². The number of methoxy groups -OCH3 is 1. The van der Waals surface area contributed by atoms with Gasteiger partial charge in [0.05, 0.1) is 13.3 Å². The molecule has 3 aromatic carbocycles. The summed E-state index contributed by atoms with van der Waals surface area (Å²) in [5.74, 6) is -1.08. The van der Waals surface area contributed by atoms with E-state index in [1.54, 1.807) is 72.8 Å². The summed E-state index contributed by atoms with van der Waals surface area (Å²) in [7, 11) is 1.53. The van der Waals surface area contributed by atoms with Gasteiger partial charge in [-0.05, 0) is 66.2 Å². The van der Waals surface area contributed by atoms with Crippen molar-refractivity contribution in [1.29, 1.82) is 0 Å². The van der Waals surface area contributed by atoms with Crippen molar-refractivity contribution >= 4 is 46.9 Å². The van der Waals surface area contributed by atoms with Crippen molar-refractivity contribution in [2.24, 2.45) is 5.10 Å². The highest BCUT2D eigenvalue weighted by Gasteiger charge is 2.12. The summed E-state index contributed by atoms with van der Waals surface area (Å²) in [5, 5.41) is 9.50. The van der Waals surface area contributed by atoms with Crippen LogP contribution in [0.1, 0.15) is 5.56 Å². The lowest BCUT2D eigenvalue weighted by Gasteiger charge is -2.08. The Hall–Kier alpha value is -4.37. The lowest BCUT2D eigenvalue weighted by atomic mass is 10.2. The highest BCUT2D eigenvalue weighted by atomic mass is 35.5. The monoisotopic (exact) mass is 480 g/mol. The maximum absolute atomic E-state index is 12.0. The van der Waals surface area contributed by atoms with Crippen LogP contribution in [0.5, 0.6) is 11.5 Å². The van der Waals surface area contributed by atoms with E-state index in [4.69, 9.17) is 21.1 Å². The van der Waals surface area contributed by atoms with Crippen molar-refractivity contribution in [3.8, 4) is 11.5 Å². The van der Waals surface area contributed by atoms with Gasteiger partial charge < -0.3 is 20.1 Å². The number of halogens is 1. The van der Waals surface area contributed by atoms with Crippen LogP contribution >= 0.6 is 11.6 Å². The van der Waals surface area contributed by atoms with Gasteiger partial charge in [0, 0.05) is 16.4 Å². The average Bonchev–Trinajstić information content (AvgIpc) is 2.85. The summed E-state index contributed by atoms with van der Waals surface area (Å²) >= 11 is 5.82. The highest BCUT2D eigenvalue weighted by molar-refractivity contribution is 6.39. The molecular weight excluding hydrogens is 460 g/mol. The van der Waals surface area contributed by atoms with Crippen molar-refractivity contribution < 1.29 is 23.9 Å². The normalized spacial score (nSPS) is 10.4. The second-order valence-electron chi connectivity index (χ2n) is 6.80. The van der Waals surface area contributed by atoms with Crippen molar-refractivity contribution in [2.75, 3.05) is 24.4 Å². The maximum atomic E-state index is 12.0. The van der Waals surface area contributed by atoms with Crippen LogP contribution in [0.2, 0.25) is 5.02 Å². The fraction of sp³-hybridized carbons (Fsp3) is 0.0833. The molecule has 0 aliphatic rings. The van der Waals surface area contributed by atoms with E-state index >= 15 is 0 Å². The van der Waals surface area contributed by atoms with Crippen LogP contribution in [-0.4, -0.2) is 37.7 Å². The third kappa shape index (κ3) is 7.64. The standard InChI is InChI=1S/C24H21ClN4O5/c1-33-20-11-9-19(10-12-20)28-23(31)24(32)29-26-14-16-3-2-4-21(13-16)34-15-22(30)27-18-7-5-17(25)6-8-18/h2-14H,15H2,1H3,(H,27,30)(H,28,31)(H,29,32)/b26-14-. The third-order valence-corrected chi connectivity index (χ3v) is 4.54. The predicted molar refractivity (Wildman–Crippen MR) is 129 cm³/mol. The van der Waals surface area contributed by atoms with E-state index in [2.05, 4.69) is 21.2 Å². The molecule has 0 radical (unpaired) electrons. The number of carbonyl (C=O) groups is 3. The van der Waals surface area contributed by atoms with Crippen LogP contribution in [-0.2, 0) is 14.4 Å². The van der Waals surface area contributed by atoms with Gasteiger partial charge in [-0.1, -0.05) is 23.7 Å². The summed E-state index contributed by atoms with van der Waals surface area (Å²) in [6.45, 7) is -0.203. The lowest BCUT2D eigenvalue weighted by molar-refractivity contribution is -0.136. The smallest absolute Gasteiger partial charge is 0.329 e. The fourth-order valence-corrected chi connectivity index (χ4v) is 2.77. The Balaban J connectivity index is 1.46. The van der Waals surface area contributed by atoms with Crippen LogP contribution in [0, 0.1) is 0 Å². The van der Waals surface area contributed by atoms with Crippen LogP contribution in [0.4, 0.5) is 11.4 Å². The summed E-state index contributed by atoms with van der Waals surface area (Å²) in [4.78, 5) is 35.9. The van der Waals surface area contributed by atoms with Gasteiger partial charge in [-0.15, -0.1) is 0 Å². The zero-order valence-corrected chi connectivity index (χ0v) is 18.8. The molecule has 9 nitrogen and oxygen atoms in total. The van der Waals surface area contributed by atoms with E-state index < -0.39 is 11.8 Å². The number of hydrazone groups is 1. The molecule has 0 bridgehead atoms. The molecule has 0 atom stereocenters. The van der Waals surface area contributed by atoms with Crippen LogP contribution in [0.15, 0.2) is 77.9 Å². The van der Waals surface area contributed by atoms with E-state index in [1.165, 1.54) is 13.3 Å². The average molecular weight is 481 g/mol. The van der Waals surface area contributed by atoms with Crippen molar-refractivity contribution in [3.63, 3.8) is 0 Å². The Labute approximate surface area is 200 Å². The number of benzene rings is 3. The van der Waals surface area contributed by atoms with Gasteiger partial charge in [0.1, 0.15) is 11.5 Å². The molecule has 0 saturated heterocycles. The van der Waals surface area contributed by atoms with E-state index in [0.29, 0.717) is 33.5 Å². The first-order valence-corrected chi connectivity index (χ1v) is 10.4. The first kappa shape index (κ1) is 24.3. The molecule has 3 rings (SSSR count). The number of hydrogen-bond acceptors (Lipinski definition) is 6. The van der Waals surface area contributed by atoms with Crippen molar-refractivity contribution in [1.82, 2.24) is 5.43 Å². The molecule has 0 unspecified atom stereocenters. The molecule has 0 aliphatic heterocycles. The van der Waals surface area contributed by atoms with E-state index in [-0.39, 0.29) is 12.5 Å². The molecule has 0 fully saturated rings. The summed E-state index contributed by atoms with van der Waals surface area (Å²) in [6, 6.07) is 19.9. The lowest BCUT2D eigenvalue weighted by Crippen LogP contribution is -2.32. The van der Waals surface area contributed by atoms with Gasteiger partial charge in [-0.25, -0.2) is 5.43 Å². The quantitative estimate of drug-likeness (QED) is 0.259. The number of hydrogen-bond donors (Lipinski definition) is 3. The van der Waals surface area contributed by atoms with Crippen LogP contribution in [0.3, 0.4) is 0 Å². The predicted octanol–water partition coefficient (Wildman–Crippen LogP) is 3.45. The molecule has 3 N–H and O–H groups in total. The van der Waals surface area contributed by atoms with Crippen LogP contribution < -0.4 is 25.5 Å². The minimum absolute atomic E-state index is 0.203. The molecule has 174 valence electrons. The maximum Gasteiger partial charge on any atom is 0.329 e. The molecule has 0 aliphatic carbocycles. The molecule has 0 heterocycles. The summed E-state index contributed by atoms with van der Waals surface area (Å²) < 4.78 is 10.5. The first-order chi connectivity index (χ1) is 16.4. The molecule has 0 spiro atoms. The summed E-state index contributed by atoms with van der Waals surface area (Å²) in [6.07, 6.45) is 1.35. The number of ether oxygens (including phenoxy) is 2. The topological polar surface area (TPSA) is 118 Å². The van der Waals surface area contributed by atoms with Gasteiger partial charge in [0.25, 0.3) is 5.91 Å². The SMILES string of the molecule is COc1ccc(NC(=O)C(=O)N/N=C\c2cccc(OCC(=O)Nc3ccc(Cl)cc3)c2)cc1. The molecule has 0 saturated carbocycles. The van der Waals surface area contributed by atoms with Gasteiger partial charge >= 0.3 is 11.8 Å². The minimum Gasteiger partial charge on any atom is -0.497 e. The van der Waals surface area contributed by atoms with Crippen molar-refractivity contribution in [2.45, 2.75) is 0 Å². The number of anilines is 2. The van der Waals surface area contributed by atoms with Gasteiger partial charge in [-0.2, -0.15) is 5.10 Å². The highest BCUT2D eigenvalue weighted by Crippen LogP contribution is 2.16. The second kappa shape index (κ2) is 12.0. The number of nitrogens with one attached hydrogen (secondary N) is 3. The number of rotatable bonds is 8. The molecule has 34 heavy (non-hydrogen) atoms. The second-order valence-corrected chi connectivity index (χ2v) is 7.23. The molecule has 0 aromatic heterocycles. The Bertz CT molecular complexity index is 1180. The van der Waals surface area contributed by atoms with Gasteiger partial charge in [0.15, 0.2) is 6.61 Å². The number of nitrogens with zero attached hydrogens (tertiary/aromatic N) is 1. The zero-order valence-electron chi connectivity index (χ0n) is 18.1. The Kier molecular flexibility index (Phi) is 8.59. The van der Waals surface area contributed by atoms with E-state index in [9.17, 15) is 14.4 Å². The molecule has 3 aromatic rings. The minimum atomic E-state index is -0.932. The Morgan fingerprint density at radius 3 is 2.26 bits per heavy atom. The molecule has 10 heteroatoms. The first-order valence-electron chi connectivity index (χ1n) is 9.99. The number of amides is 3. The largest absolute Gasteiger partial charge is 0.497 e. The van der Waals surface area contributed by atoms with E-state index in [1.807, 2.05) is 0 Å². The molecular formula is C24H21ClN4O5.